The normalized spacial score (nSPS) is 11.7. The molecule has 0 fully saturated rings. The van der Waals surface area contributed by atoms with Gasteiger partial charge in [-0.2, -0.15) is 0 Å². The Kier molecular flexibility index (Phi) is 8.35. The highest BCUT2D eigenvalue weighted by atomic mass is 35.5. The predicted molar refractivity (Wildman–Crippen MR) is 117 cm³/mol. The minimum Gasteiger partial charge on any atom is -0.483 e. The fraction of sp³-hybridized carbons (Fsp3) is 0.364. The van der Waals surface area contributed by atoms with Gasteiger partial charge in [-0.3, -0.25) is 9.59 Å². The third-order valence-corrected chi connectivity index (χ3v) is 5.26. The van der Waals surface area contributed by atoms with Crippen LogP contribution in [0.3, 0.4) is 0 Å². The molecule has 0 spiro atoms. The molecule has 2 aromatic rings. The van der Waals surface area contributed by atoms with Crippen LogP contribution in [0.1, 0.15) is 30.0 Å². The van der Waals surface area contributed by atoms with E-state index in [0.29, 0.717) is 27.8 Å². The van der Waals surface area contributed by atoms with Gasteiger partial charge in [-0.05, 0) is 49.6 Å². The molecule has 1 N–H and O–H groups in total. The summed E-state index contributed by atoms with van der Waals surface area (Å²) in [5, 5.41) is 3.57. The molecule has 2 amide bonds. The summed E-state index contributed by atoms with van der Waals surface area (Å²) in [5.41, 5.74) is 2.77. The number of halogens is 2. The lowest BCUT2D eigenvalue weighted by Crippen LogP contribution is -2.49. The van der Waals surface area contributed by atoms with Gasteiger partial charge in [-0.15, -0.1) is 0 Å². The fourth-order valence-corrected chi connectivity index (χ4v) is 3.57. The number of amides is 2. The average Bonchev–Trinajstić information content (AvgIpc) is 2.68. The summed E-state index contributed by atoms with van der Waals surface area (Å²) in [6, 6.07) is 10.2. The van der Waals surface area contributed by atoms with Crippen LogP contribution in [0.2, 0.25) is 10.0 Å². The van der Waals surface area contributed by atoms with Crippen LogP contribution in [-0.2, 0) is 16.1 Å². The van der Waals surface area contributed by atoms with Crippen LogP contribution in [0.25, 0.3) is 0 Å². The van der Waals surface area contributed by atoms with E-state index in [1.807, 2.05) is 39.0 Å². The summed E-state index contributed by atoms with van der Waals surface area (Å²) in [7, 11) is 1.55. The van der Waals surface area contributed by atoms with Crippen molar-refractivity contribution in [1.82, 2.24) is 10.2 Å². The van der Waals surface area contributed by atoms with E-state index in [2.05, 4.69) is 5.32 Å². The van der Waals surface area contributed by atoms with Crippen LogP contribution in [0.4, 0.5) is 0 Å². The average molecular weight is 437 g/mol. The fourth-order valence-electron chi connectivity index (χ4n) is 3.10. The van der Waals surface area contributed by atoms with Gasteiger partial charge in [0, 0.05) is 23.6 Å². The first kappa shape index (κ1) is 23.0. The molecule has 0 saturated heterocycles. The van der Waals surface area contributed by atoms with Crippen molar-refractivity contribution in [2.75, 3.05) is 13.7 Å². The molecule has 1 atom stereocenters. The Morgan fingerprint density at radius 1 is 1.14 bits per heavy atom. The van der Waals surface area contributed by atoms with Crippen molar-refractivity contribution >= 4 is 35.0 Å². The third-order valence-electron chi connectivity index (χ3n) is 4.67. The lowest BCUT2D eigenvalue weighted by Gasteiger charge is -2.30. The van der Waals surface area contributed by atoms with Crippen molar-refractivity contribution < 1.29 is 14.3 Å². The van der Waals surface area contributed by atoms with Gasteiger partial charge in [0.25, 0.3) is 5.91 Å². The van der Waals surface area contributed by atoms with Crippen LogP contribution < -0.4 is 10.1 Å². The summed E-state index contributed by atoms with van der Waals surface area (Å²) in [5.74, 6) is 0.102. The standard InChI is InChI=1S/C22H26Cl2N2O3/c1-5-19(22(28)25-4)26(12-16-7-8-17(23)11-18(16)24)21(27)13-29-20-9-6-14(2)10-15(20)3/h6-11,19H,5,12-13H2,1-4H3,(H,25,28)/t19-/m0/s1. The number of nitrogens with one attached hydrogen (secondary N) is 1. The van der Waals surface area contributed by atoms with Gasteiger partial charge in [0.1, 0.15) is 11.8 Å². The first-order valence-corrected chi connectivity index (χ1v) is 10.2. The van der Waals surface area contributed by atoms with E-state index in [-0.39, 0.29) is 25.0 Å². The molecule has 0 radical (unpaired) electrons. The molecule has 29 heavy (non-hydrogen) atoms. The molecular weight excluding hydrogens is 411 g/mol. The molecule has 0 bridgehead atoms. The second kappa shape index (κ2) is 10.5. The molecule has 0 aliphatic rings. The highest BCUT2D eigenvalue weighted by molar-refractivity contribution is 6.35. The molecular formula is C22H26Cl2N2O3. The Labute approximate surface area is 181 Å². The van der Waals surface area contributed by atoms with Crippen LogP contribution in [-0.4, -0.2) is 36.4 Å². The van der Waals surface area contributed by atoms with Crippen molar-refractivity contribution in [3.63, 3.8) is 0 Å². The third kappa shape index (κ3) is 6.12. The lowest BCUT2D eigenvalue weighted by atomic mass is 10.1. The highest BCUT2D eigenvalue weighted by Gasteiger charge is 2.29. The minimum atomic E-state index is -0.637. The molecule has 7 heteroatoms. The van der Waals surface area contributed by atoms with E-state index in [1.165, 1.54) is 4.90 Å². The summed E-state index contributed by atoms with van der Waals surface area (Å²) in [4.78, 5) is 26.9. The van der Waals surface area contributed by atoms with Gasteiger partial charge >= 0.3 is 0 Å². The van der Waals surface area contributed by atoms with Crippen molar-refractivity contribution in [3.05, 3.63) is 63.1 Å². The summed E-state index contributed by atoms with van der Waals surface area (Å²) >= 11 is 12.3. The smallest absolute Gasteiger partial charge is 0.261 e. The van der Waals surface area contributed by atoms with Crippen molar-refractivity contribution in [3.8, 4) is 5.75 Å². The lowest BCUT2D eigenvalue weighted by molar-refractivity contribution is -0.142. The molecule has 0 saturated carbocycles. The molecule has 2 aromatic carbocycles. The number of benzene rings is 2. The number of aryl methyl sites for hydroxylation is 2. The van der Waals surface area contributed by atoms with E-state index in [4.69, 9.17) is 27.9 Å². The Morgan fingerprint density at radius 2 is 1.86 bits per heavy atom. The van der Waals surface area contributed by atoms with Gasteiger partial charge < -0.3 is 15.0 Å². The van der Waals surface area contributed by atoms with E-state index < -0.39 is 6.04 Å². The van der Waals surface area contributed by atoms with Crippen molar-refractivity contribution in [1.29, 1.82) is 0 Å². The number of ether oxygens (including phenoxy) is 1. The molecule has 0 aromatic heterocycles. The number of hydrogen-bond acceptors (Lipinski definition) is 3. The number of carbonyl (C=O) groups is 2. The quantitative estimate of drug-likeness (QED) is 0.660. The zero-order valence-electron chi connectivity index (χ0n) is 17.1. The Bertz CT molecular complexity index is 886. The Morgan fingerprint density at radius 3 is 2.45 bits per heavy atom. The molecule has 156 valence electrons. The molecule has 0 aliphatic carbocycles. The van der Waals surface area contributed by atoms with Crippen LogP contribution >= 0.6 is 23.2 Å². The maximum absolute atomic E-state index is 13.0. The number of likely N-dealkylation sites (N-methyl/N-ethyl adjacent to an activating group) is 1. The Balaban J connectivity index is 2.25. The first-order chi connectivity index (χ1) is 13.8. The second-order valence-corrected chi connectivity index (χ2v) is 7.70. The van der Waals surface area contributed by atoms with Gasteiger partial charge in [0.2, 0.25) is 5.91 Å². The maximum atomic E-state index is 13.0. The van der Waals surface area contributed by atoms with Gasteiger partial charge in [-0.25, -0.2) is 0 Å². The summed E-state index contributed by atoms with van der Waals surface area (Å²) < 4.78 is 5.75. The van der Waals surface area contributed by atoms with Crippen LogP contribution in [0.15, 0.2) is 36.4 Å². The number of carbonyl (C=O) groups excluding carboxylic acids is 2. The van der Waals surface area contributed by atoms with Crippen LogP contribution in [0, 0.1) is 13.8 Å². The number of nitrogens with zero attached hydrogens (tertiary/aromatic N) is 1. The van der Waals surface area contributed by atoms with Gasteiger partial charge in [0.05, 0.1) is 0 Å². The predicted octanol–water partition coefficient (Wildman–Crippen LogP) is 4.54. The topological polar surface area (TPSA) is 58.6 Å². The van der Waals surface area contributed by atoms with E-state index in [0.717, 1.165) is 11.1 Å². The monoisotopic (exact) mass is 436 g/mol. The maximum Gasteiger partial charge on any atom is 0.261 e. The number of rotatable bonds is 8. The van der Waals surface area contributed by atoms with E-state index in [9.17, 15) is 9.59 Å². The molecule has 0 heterocycles. The largest absolute Gasteiger partial charge is 0.483 e. The second-order valence-electron chi connectivity index (χ2n) is 6.85. The Hall–Kier alpha value is -2.24. The number of hydrogen-bond donors (Lipinski definition) is 1. The molecule has 2 rings (SSSR count). The first-order valence-electron chi connectivity index (χ1n) is 9.41. The SMILES string of the molecule is CC[C@@H](C(=O)NC)N(Cc1ccc(Cl)cc1Cl)C(=O)COc1ccc(C)cc1C. The molecule has 0 unspecified atom stereocenters. The molecule has 0 aliphatic heterocycles. The summed E-state index contributed by atoms with van der Waals surface area (Å²) in [6.07, 6.45) is 0.459. The zero-order valence-corrected chi connectivity index (χ0v) is 18.6. The van der Waals surface area contributed by atoms with E-state index in [1.54, 1.807) is 25.2 Å². The zero-order chi connectivity index (χ0) is 21.6. The van der Waals surface area contributed by atoms with Crippen molar-refractivity contribution in [2.45, 2.75) is 39.8 Å². The summed E-state index contributed by atoms with van der Waals surface area (Å²) in [6.45, 7) is 5.78. The molecule has 5 nitrogen and oxygen atoms in total. The van der Waals surface area contributed by atoms with Crippen LogP contribution in [0.5, 0.6) is 5.75 Å². The van der Waals surface area contributed by atoms with Gasteiger partial charge in [-0.1, -0.05) is 53.9 Å². The van der Waals surface area contributed by atoms with E-state index >= 15 is 0 Å². The highest BCUT2D eigenvalue weighted by Crippen LogP contribution is 2.24. The van der Waals surface area contributed by atoms with Crippen molar-refractivity contribution in [2.24, 2.45) is 0 Å². The van der Waals surface area contributed by atoms with Gasteiger partial charge in [0.15, 0.2) is 6.61 Å². The minimum absolute atomic E-state index is 0.178.